The van der Waals surface area contributed by atoms with Crippen LogP contribution in [0, 0.1) is 0 Å². The van der Waals surface area contributed by atoms with E-state index in [9.17, 15) is 10.2 Å². The number of rotatable bonds is 9. The first-order valence-corrected chi connectivity index (χ1v) is 13.6. The van der Waals surface area contributed by atoms with E-state index in [1.807, 2.05) is 43.6 Å². The predicted molar refractivity (Wildman–Crippen MR) is 149 cm³/mol. The number of nitrogens with one attached hydrogen (secondary N) is 1. The van der Waals surface area contributed by atoms with Crippen LogP contribution in [0.1, 0.15) is 52.5 Å². The highest BCUT2D eigenvalue weighted by atomic mass is 35.5. The molecule has 38 heavy (non-hydrogen) atoms. The van der Waals surface area contributed by atoms with Crippen molar-refractivity contribution >= 4 is 28.3 Å². The molecule has 10 heteroatoms. The van der Waals surface area contributed by atoms with Crippen molar-refractivity contribution in [3.63, 3.8) is 0 Å². The molecule has 3 N–H and O–H groups in total. The molecule has 0 radical (unpaired) electrons. The second-order valence-electron chi connectivity index (χ2n) is 10.5. The Morgan fingerprint density at radius 2 is 1.97 bits per heavy atom. The van der Waals surface area contributed by atoms with E-state index in [-0.39, 0.29) is 18.7 Å². The minimum absolute atomic E-state index is 0.144. The van der Waals surface area contributed by atoms with E-state index in [4.69, 9.17) is 21.4 Å². The summed E-state index contributed by atoms with van der Waals surface area (Å²) >= 11 is 6.12. The molecule has 1 aromatic carbocycles. The lowest BCUT2D eigenvalue weighted by molar-refractivity contribution is -0.0566. The van der Waals surface area contributed by atoms with E-state index in [1.54, 1.807) is 24.7 Å². The van der Waals surface area contributed by atoms with Crippen molar-refractivity contribution in [2.45, 2.75) is 76.9 Å². The number of aliphatic hydroxyl groups excluding tert-OH is 1. The van der Waals surface area contributed by atoms with Gasteiger partial charge in [0.2, 0.25) is 0 Å². The molecule has 3 heterocycles. The topological polar surface area (TPSA) is 110 Å². The first-order chi connectivity index (χ1) is 18.2. The van der Waals surface area contributed by atoms with Gasteiger partial charge in [-0.2, -0.15) is 10.2 Å². The molecular weight excluding hydrogens is 504 g/mol. The van der Waals surface area contributed by atoms with E-state index >= 15 is 0 Å². The summed E-state index contributed by atoms with van der Waals surface area (Å²) in [5.41, 5.74) is 1.45. The van der Waals surface area contributed by atoms with Crippen molar-refractivity contribution < 1.29 is 14.9 Å². The van der Waals surface area contributed by atoms with Crippen LogP contribution in [0.25, 0.3) is 22.2 Å². The lowest BCUT2D eigenvalue weighted by atomic mass is 9.93. The van der Waals surface area contributed by atoms with Crippen LogP contribution in [-0.2, 0) is 6.54 Å². The average Bonchev–Trinajstić information content (AvgIpc) is 3.49. The summed E-state index contributed by atoms with van der Waals surface area (Å²) < 4.78 is 9.98. The SMILES string of the molecule is CCNc1cc2c(cn1)c(-c1cnn(C[C@H](O)C(C)(C)O)c1)nn2[C@H]1CC[C@@H](Oc2cccc(Cl)c2)CC1. The van der Waals surface area contributed by atoms with Crippen molar-refractivity contribution in [3.8, 4) is 17.0 Å². The average molecular weight is 539 g/mol. The van der Waals surface area contributed by atoms with E-state index in [2.05, 4.69) is 26.1 Å². The third-order valence-electron chi connectivity index (χ3n) is 7.12. The highest BCUT2D eigenvalue weighted by molar-refractivity contribution is 6.30. The van der Waals surface area contributed by atoms with Crippen LogP contribution in [0.4, 0.5) is 5.82 Å². The van der Waals surface area contributed by atoms with Gasteiger partial charge in [0, 0.05) is 41.0 Å². The third-order valence-corrected chi connectivity index (χ3v) is 7.36. The van der Waals surface area contributed by atoms with Crippen LogP contribution in [0.5, 0.6) is 5.75 Å². The van der Waals surface area contributed by atoms with E-state index in [1.165, 1.54) is 0 Å². The molecule has 5 rings (SSSR count). The molecule has 1 aliphatic rings. The van der Waals surface area contributed by atoms with Gasteiger partial charge < -0.3 is 20.3 Å². The number of ether oxygens (including phenoxy) is 1. The highest BCUT2D eigenvalue weighted by Crippen LogP contribution is 2.36. The molecule has 0 bridgehead atoms. The number of halogens is 1. The first kappa shape index (κ1) is 26.5. The summed E-state index contributed by atoms with van der Waals surface area (Å²) in [5, 5.41) is 34.8. The van der Waals surface area contributed by atoms with Gasteiger partial charge in [0.1, 0.15) is 23.4 Å². The number of hydrogen-bond acceptors (Lipinski definition) is 7. The molecule has 202 valence electrons. The van der Waals surface area contributed by atoms with Gasteiger partial charge in [-0.3, -0.25) is 9.36 Å². The quantitative estimate of drug-likeness (QED) is 0.273. The standard InChI is InChI=1S/C28H35ClN6O3/c1-4-30-26-13-24-23(15-31-26)27(18-14-32-34(16-18)17-25(36)28(2,3)37)33-35(24)20-8-10-21(11-9-20)38-22-7-5-6-19(29)12-22/h5-7,12-16,20-21,25,36-37H,4,8-11,17H2,1-3H3,(H,30,31)/t20-,21+,25-/m0/s1. The van der Waals surface area contributed by atoms with Gasteiger partial charge in [-0.1, -0.05) is 17.7 Å². The van der Waals surface area contributed by atoms with Gasteiger partial charge in [-0.05, 0) is 64.7 Å². The maximum absolute atomic E-state index is 10.3. The zero-order chi connectivity index (χ0) is 26.9. The summed E-state index contributed by atoms with van der Waals surface area (Å²) in [6.07, 6.45) is 8.39. The molecule has 3 aromatic heterocycles. The Kier molecular flexibility index (Phi) is 7.61. The van der Waals surface area contributed by atoms with Crippen LogP contribution in [0.3, 0.4) is 0 Å². The van der Waals surface area contributed by atoms with Gasteiger partial charge in [0.05, 0.1) is 36.0 Å². The van der Waals surface area contributed by atoms with Crippen molar-refractivity contribution in [1.82, 2.24) is 24.5 Å². The second kappa shape index (κ2) is 10.9. The molecule has 0 saturated heterocycles. The lowest BCUT2D eigenvalue weighted by Crippen LogP contribution is -2.39. The second-order valence-corrected chi connectivity index (χ2v) is 11.0. The van der Waals surface area contributed by atoms with Crippen molar-refractivity contribution in [3.05, 3.63) is 53.9 Å². The molecule has 9 nitrogen and oxygen atoms in total. The molecule has 0 amide bonds. The maximum Gasteiger partial charge on any atom is 0.128 e. The Hall–Kier alpha value is -3.14. The molecule has 1 fully saturated rings. The minimum Gasteiger partial charge on any atom is -0.490 e. The summed E-state index contributed by atoms with van der Waals surface area (Å²) in [4.78, 5) is 4.60. The Morgan fingerprint density at radius 3 is 2.68 bits per heavy atom. The van der Waals surface area contributed by atoms with Gasteiger partial charge in [-0.25, -0.2) is 4.98 Å². The summed E-state index contributed by atoms with van der Waals surface area (Å²) in [5.74, 6) is 1.62. The molecule has 4 aromatic rings. The molecule has 1 aliphatic carbocycles. The maximum atomic E-state index is 10.3. The van der Waals surface area contributed by atoms with Crippen LogP contribution in [0.15, 0.2) is 48.9 Å². The van der Waals surface area contributed by atoms with Crippen LogP contribution < -0.4 is 10.1 Å². The van der Waals surface area contributed by atoms with Crippen molar-refractivity contribution in [2.75, 3.05) is 11.9 Å². The summed E-state index contributed by atoms with van der Waals surface area (Å²) in [7, 11) is 0. The fourth-order valence-electron chi connectivity index (χ4n) is 4.93. The number of hydrogen-bond donors (Lipinski definition) is 3. The molecular formula is C28H35ClN6O3. The monoisotopic (exact) mass is 538 g/mol. The largest absolute Gasteiger partial charge is 0.490 e. The van der Waals surface area contributed by atoms with Crippen LogP contribution in [-0.4, -0.2) is 59.1 Å². The number of fused-ring (bicyclic) bond motifs is 1. The van der Waals surface area contributed by atoms with Crippen molar-refractivity contribution in [2.24, 2.45) is 0 Å². The molecule has 0 spiro atoms. The highest BCUT2D eigenvalue weighted by Gasteiger charge is 2.28. The molecule has 1 saturated carbocycles. The molecule has 0 aliphatic heterocycles. The normalized spacial score (nSPS) is 19.0. The van der Waals surface area contributed by atoms with E-state index in [0.29, 0.717) is 5.02 Å². The smallest absolute Gasteiger partial charge is 0.128 e. The fourth-order valence-corrected chi connectivity index (χ4v) is 5.11. The predicted octanol–water partition coefficient (Wildman–Crippen LogP) is 5.07. The number of pyridine rings is 1. The van der Waals surface area contributed by atoms with Gasteiger partial charge in [-0.15, -0.1) is 0 Å². The number of aliphatic hydroxyl groups is 2. The minimum atomic E-state index is -1.22. The first-order valence-electron chi connectivity index (χ1n) is 13.2. The lowest BCUT2D eigenvalue weighted by Gasteiger charge is -2.29. The molecule has 1 atom stereocenters. The van der Waals surface area contributed by atoms with Gasteiger partial charge in [0.15, 0.2) is 0 Å². The Labute approximate surface area is 227 Å². The van der Waals surface area contributed by atoms with E-state index in [0.717, 1.165) is 66.0 Å². The Bertz CT molecular complexity index is 1390. The Balaban J connectivity index is 1.40. The summed E-state index contributed by atoms with van der Waals surface area (Å²) in [6.45, 7) is 6.18. The van der Waals surface area contributed by atoms with Gasteiger partial charge in [0.25, 0.3) is 0 Å². The zero-order valence-corrected chi connectivity index (χ0v) is 22.8. The number of aromatic nitrogens is 5. The third kappa shape index (κ3) is 5.80. The van der Waals surface area contributed by atoms with Crippen molar-refractivity contribution in [1.29, 1.82) is 0 Å². The fraction of sp³-hybridized carbons (Fsp3) is 0.464. The summed E-state index contributed by atoms with van der Waals surface area (Å²) in [6, 6.07) is 9.85. The molecule has 0 unspecified atom stereocenters. The van der Waals surface area contributed by atoms with Crippen LogP contribution in [0.2, 0.25) is 5.02 Å². The Morgan fingerprint density at radius 1 is 1.18 bits per heavy atom. The zero-order valence-electron chi connectivity index (χ0n) is 22.0. The number of anilines is 1. The van der Waals surface area contributed by atoms with E-state index < -0.39 is 11.7 Å². The number of benzene rings is 1. The number of nitrogens with zero attached hydrogens (tertiary/aromatic N) is 5. The van der Waals surface area contributed by atoms with Crippen LogP contribution >= 0.6 is 11.6 Å². The van der Waals surface area contributed by atoms with Gasteiger partial charge >= 0.3 is 0 Å².